The van der Waals surface area contributed by atoms with Gasteiger partial charge in [-0.15, -0.1) is 0 Å². The first-order chi connectivity index (χ1) is 17.0. The molecule has 1 aromatic carbocycles. The summed E-state index contributed by atoms with van der Waals surface area (Å²) in [6, 6.07) is 10.5. The second-order valence-electron chi connectivity index (χ2n) is 12.6. The molecule has 4 saturated carbocycles. The highest BCUT2D eigenvalue weighted by atomic mass is 16.7. The Bertz CT molecular complexity index is 893. The van der Waals surface area contributed by atoms with Gasteiger partial charge in [0.05, 0.1) is 25.9 Å². The number of hydrogen-bond acceptors (Lipinski definition) is 4. The molecule has 0 aromatic heterocycles. The molecule has 6 rings (SSSR count). The largest absolute Gasteiger partial charge is 0.374 e. The molecule has 1 aliphatic heterocycles. The van der Waals surface area contributed by atoms with E-state index >= 15 is 0 Å². The predicted molar refractivity (Wildman–Crippen MR) is 136 cm³/mol. The van der Waals surface area contributed by atoms with E-state index in [4.69, 9.17) is 14.2 Å². The van der Waals surface area contributed by atoms with Crippen molar-refractivity contribution < 1.29 is 19.0 Å². The summed E-state index contributed by atoms with van der Waals surface area (Å²) in [7, 11) is 0. The fraction of sp³-hybridized carbons (Fsp3) is 0.774. The van der Waals surface area contributed by atoms with Gasteiger partial charge in [-0.25, -0.2) is 0 Å². The molecule has 8 atom stereocenters. The monoisotopic (exact) mass is 480 g/mol. The maximum Gasteiger partial charge on any atom is 0.168 e. The van der Waals surface area contributed by atoms with E-state index in [1.807, 2.05) is 6.92 Å². The van der Waals surface area contributed by atoms with Crippen LogP contribution in [0.4, 0.5) is 0 Å². The van der Waals surface area contributed by atoms with Gasteiger partial charge in [-0.2, -0.15) is 0 Å². The molecule has 35 heavy (non-hydrogen) atoms. The van der Waals surface area contributed by atoms with Gasteiger partial charge in [0.2, 0.25) is 0 Å². The lowest BCUT2D eigenvalue weighted by Gasteiger charge is -2.58. The van der Waals surface area contributed by atoms with Crippen molar-refractivity contribution >= 4 is 5.78 Å². The van der Waals surface area contributed by atoms with Crippen LogP contribution in [0, 0.1) is 40.9 Å². The lowest BCUT2D eigenvalue weighted by atomic mass is 9.48. The number of hydrogen-bond donors (Lipinski definition) is 0. The molecule has 1 aromatic rings. The minimum atomic E-state index is -0.259. The van der Waals surface area contributed by atoms with E-state index in [2.05, 4.69) is 37.3 Å². The molecule has 1 saturated heterocycles. The van der Waals surface area contributed by atoms with Crippen LogP contribution >= 0.6 is 0 Å². The molecule has 1 heterocycles. The number of ketones is 1. The first-order valence-electron chi connectivity index (χ1n) is 14.4. The van der Waals surface area contributed by atoms with E-state index in [0.29, 0.717) is 24.2 Å². The van der Waals surface area contributed by atoms with E-state index in [0.717, 1.165) is 56.1 Å². The second-order valence-corrected chi connectivity index (χ2v) is 12.6. The zero-order valence-electron chi connectivity index (χ0n) is 21.8. The summed E-state index contributed by atoms with van der Waals surface area (Å²) < 4.78 is 18.7. The van der Waals surface area contributed by atoms with Gasteiger partial charge in [0.15, 0.2) is 5.79 Å². The SMILES string of the molecule is CC(=O)C[C@]12CC[C@H]3[C@@H](CC[C@@H]4CC5(CC[C@@H]43)OCCO5)[C@@H]1CC[C@@H]2C(C)OCc1ccccc1. The first kappa shape index (κ1) is 24.1. The van der Waals surface area contributed by atoms with Gasteiger partial charge in [0.25, 0.3) is 0 Å². The molecule has 4 aliphatic carbocycles. The van der Waals surface area contributed by atoms with Gasteiger partial charge >= 0.3 is 0 Å². The van der Waals surface area contributed by atoms with Crippen molar-refractivity contribution in [2.24, 2.45) is 40.9 Å². The van der Waals surface area contributed by atoms with Gasteiger partial charge in [-0.1, -0.05) is 30.3 Å². The van der Waals surface area contributed by atoms with Crippen molar-refractivity contribution in [1.82, 2.24) is 0 Å². The van der Waals surface area contributed by atoms with Crippen LogP contribution < -0.4 is 0 Å². The summed E-state index contributed by atoms with van der Waals surface area (Å²) in [6.45, 7) is 6.31. The minimum Gasteiger partial charge on any atom is -0.374 e. The summed E-state index contributed by atoms with van der Waals surface area (Å²) in [6.07, 6.45) is 12.1. The zero-order valence-corrected chi connectivity index (χ0v) is 21.8. The molecule has 4 nitrogen and oxygen atoms in total. The third kappa shape index (κ3) is 4.32. The molecule has 1 unspecified atom stereocenters. The number of carbonyl (C=O) groups is 1. The van der Waals surface area contributed by atoms with Crippen LogP contribution in [0.15, 0.2) is 30.3 Å². The average Bonchev–Trinajstić information content (AvgIpc) is 3.47. The number of Topliss-reactive ketones (excluding diaryl/α,β-unsaturated/α-hetero) is 1. The Hall–Kier alpha value is -1.23. The summed E-state index contributed by atoms with van der Waals surface area (Å²) in [5.41, 5.74) is 1.38. The van der Waals surface area contributed by atoms with Crippen molar-refractivity contribution in [2.45, 2.75) is 96.6 Å². The van der Waals surface area contributed by atoms with E-state index in [1.165, 1.54) is 50.5 Å². The highest BCUT2D eigenvalue weighted by Gasteiger charge is 2.61. The fourth-order valence-electron chi connectivity index (χ4n) is 9.87. The Morgan fingerprint density at radius 3 is 2.51 bits per heavy atom. The molecule has 5 fully saturated rings. The molecule has 0 bridgehead atoms. The van der Waals surface area contributed by atoms with E-state index < -0.39 is 0 Å². The highest BCUT2D eigenvalue weighted by molar-refractivity contribution is 5.76. The maximum absolute atomic E-state index is 12.7. The smallest absolute Gasteiger partial charge is 0.168 e. The number of carbonyl (C=O) groups excluding carboxylic acids is 1. The van der Waals surface area contributed by atoms with Crippen LogP contribution in [0.1, 0.15) is 83.6 Å². The molecule has 1 spiro atoms. The topological polar surface area (TPSA) is 44.8 Å². The fourth-order valence-corrected chi connectivity index (χ4v) is 9.87. The minimum absolute atomic E-state index is 0.142. The van der Waals surface area contributed by atoms with Gasteiger partial charge in [-0.05, 0) is 105 Å². The van der Waals surface area contributed by atoms with Crippen molar-refractivity contribution in [3.63, 3.8) is 0 Å². The third-order valence-electron chi connectivity index (χ3n) is 11.0. The molecule has 0 radical (unpaired) electrons. The van der Waals surface area contributed by atoms with Crippen LogP contribution in [0.3, 0.4) is 0 Å². The Morgan fingerprint density at radius 1 is 0.971 bits per heavy atom. The Labute approximate surface area is 211 Å². The Balaban J connectivity index is 1.19. The number of rotatable bonds is 6. The van der Waals surface area contributed by atoms with Gasteiger partial charge in [-0.3, -0.25) is 0 Å². The molecular formula is C31H44O4. The van der Waals surface area contributed by atoms with Crippen LogP contribution in [-0.4, -0.2) is 30.9 Å². The van der Waals surface area contributed by atoms with Gasteiger partial charge < -0.3 is 19.0 Å². The summed E-state index contributed by atoms with van der Waals surface area (Å²) in [5.74, 6) is 4.50. The maximum atomic E-state index is 12.7. The Morgan fingerprint density at radius 2 is 1.74 bits per heavy atom. The molecule has 4 heteroatoms. The normalized spacial score (nSPS) is 40.6. The number of fused-ring (bicyclic) bond motifs is 5. The van der Waals surface area contributed by atoms with Crippen LogP contribution in [0.2, 0.25) is 0 Å². The van der Waals surface area contributed by atoms with E-state index in [1.54, 1.807) is 0 Å². The molecule has 0 amide bonds. The average molecular weight is 481 g/mol. The Kier molecular flexibility index (Phi) is 6.60. The second kappa shape index (κ2) is 9.58. The van der Waals surface area contributed by atoms with Crippen molar-refractivity contribution in [1.29, 1.82) is 0 Å². The molecule has 5 aliphatic rings. The first-order valence-corrected chi connectivity index (χ1v) is 14.4. The highest BCUT2D eigenvalue weighted by Crippen LogP contribution is 2.67. The quantitative estimate of drug-likeness (QED) is 0.462. The lowest BCUT2D eigenvalue weighted by molar-refractivity contribution is -0.210. The lowest BCUT2D eigenvalue weighted by Crippen LogP contribution is -2.53. The molecule has 0 N–H and O–H groups in total. The van der Waals surface area contributed by atoms with E-state index in [9.17, 15) is 4.79 Å². The summed E-state index contributed by atoms with van der Waals surface area (Å²) in [5, 5.41) is 0. The molecule has 192 valence electrons. The van der Waals surface area contributed by atoms with Crippen molar-refractivity contribution in [3.05, 3.63) is 35.9 Å². The van der Waals surface area contributed by atoms with Crippen molar-refractivity contribution in [3.8, 4) is 0 Å². The number of benzene rings is 1. The van der Waals surface area contributed by atoms with Gasteiger partial charge in [0.1, 0.15) is 5.78 Å². The number of ether oxygens (including phenoxy) is 3. The summed E-state index contributed by atoms with van der Waals surface area (Å²) in [4.78, 5) is 12.7. The van der Waals surface area contributed by atoms with Crippen LogP contribution in [0.5, 0.6) is 0 Å². The zero-order chi connectivity index (χ0) is 24.0. The van der Waals surface area contributed by atoms with E-state index in [-0.39, 0.29) is 17.3 Å². The van der Waals surface area contributed by atoms with Crippen LogP contribution in [0.25, 0.3) is 0 Å². The van der Waals surface area contributed by atoms with Crippen molar-refractivity contribution in [2.75, 3.05) is 13.2 Å². The standard InChI is InChI=1S/C31H44O4/c1-21(32)18-30-14-12-26-25-13-15-31(34-16-17-35-31)19-24(25)8-9-27(26)29(30)11-10-28(30)22(2)33-20-23-6-4-3-5-7-23/h3-7,22,24-29H,8-20H2,1-2H3/t22?,24-,25+,26-,27-,28-,29+,30+/m1/s1. The van der Waals surface area contributed by atoms with Gasteiger partial charge in [0, 0.05) is 19.3 Å². The molecular weight excluding hydrogens is 436 g/mol. The van der Waals surface area contributed by atoms with Crippen LogP contribution in [-0.2, 0) is 25.6 Å². The third-order valence-corrected chi connectivity index (χ3v) is 11.0. The predicted octanol–water partition coefficient (Wildman–Crippen LogP) is 6.56. The summed E-state index contributed by atoms with van der Waals surface area (Å²) >= 11 is 0.